The highest BCUT2D eigenvalue weighted by atomic mass is 16.4. The Balaban J connectivity index is 1.78. The lowest BCUT2D eigenvalue weighted by atomic mass is 9.97. The second-order valence-electron chi connectivity index (χ2n) is 5.53. The Morgan fingerprint density at radius 1 is 1.33 bits per heavy atom. The van der Waals surface area contributed by atoms with Crippen LogP contribution in [-0.4, -0.2) is 40.9 Å². The van der Waals surface area contributed by atoms with E-state index in [1.165, 1.54) is 0 Å². The van der Waals surface area contributed by atoms with Crippen LogP contribution in [-0.2, 0) is 16.0 Å². The molecule has 1 unspecified atom stereocenters. The highest BCUT2D eigenvalue weighted by Crippen LogP contribution is 2.25. The SMILES string of the molecule is O=C1Cc2cc(C(=O)N3CCCC(C(=O)O)C3)ccc2N1. The van der Waals surface area contributed by atoms with E-state index in [0.717, 1.165) is 11.3 Å². The number of carbonyl (C=O) groups is 3. The molecule has 6 heteroatoms. The maximum absolute atomic E-state index is 12.5. The Labute approximate surface area is 121 Å². The number of anilines is 1. The maximum atomic E-state index is 12.5. The number of amides is 2. The number of rotatable bonds is 2. The highest BCUT2D eigenvalue weighted by Gasteiger charge is 2.29. The summed E-state index contributed by atoms with van der Waals surface area (Å²) in [6, 6.07) is 5.13. The van der Waals surface area contributed by atoms with Crippen LogP contribution < -0.4 is 5.32 Å². The average Bonchev–Trinajstić information content (AvgIpc) is 2.85. The number of aliphatic carboxylic acids is 1. The fourth-order valence-electron chi connectivity index (χ4n) is 2.91. The Hall–Kier alpha value is -2.37. The third-order valence-electron chi connectivity index (χ3n) is 4.04. The summed E-state index contributed by atoms with van der Waals surface area (Å²) in [5.41, 5.74) is 2.08. The standard InChI is InChI=1S/C15H16N2O4/c18-13-7-11-6-9(3-4-12(11)16-13)14(19)17-5-1-2-10(8-17)15(20)21/h3-4,6,10H,1-2,5,7-8H2,(H,16,18)(H,20,21). The van der Waals surface area contributed by atoms with Crippen LogP contribution in [0.3, 0.4) is 0 Å². The summed E-state index contributed by atoms with van der Waals surface area (Å²) in [5, 5.41) is 11.8. The zero-order chi connectivity index (χ0) is 15.0. The van der Waals surface area contributed by atoms with E-state index in [4.69, 9.17) is 5.11 Å². The molecule has 2 N–H and O–H groups in total. The number of hydrogen-bond acceptors (Lipinski definition) is 3. The first-order valence-corrected chi connectivity index (χ1v) is 6.99. The Morgan fingerprint density at radius 2 is 2.14 bits per heavy atom. The number of carbonyl (C=O) groups excluding carboxylic acids is 2. The van der Waals surface area contributed by atoms with Crippen molar-refractivity contribution < 1.29 is 19.5 Å². The zero-order valence-corrected chi connectivity index (χ0v) is 11.5. The summed E-state index contributed by atoms with van der Waals surface area (Å²) >= 11 is 0. The molecular weight excluding hydrogens is 272 g/mol. The van der Waals surface area contributed by atoms with Crippen LogP contribution in [0.2, 0.25) is 0 Å². The van der Waals surface area contributed by atoms with Gasteiger partial charge >= 0.3 is 5.97 Å². The number of carboxylic acids is 1. The second kappa shape index (κ2) is 5.20. The van der Waals surface area contributed by atoms with Gasteiger partial charge in [0.15, 0.2) is 0 Å². The Kier molecular flexibility index (Phi) is 3.37. The average molecular weight is 288 g/mol. The van der Waals surface area contributed by atoms with Gasteiger partial charge in [0.25, 0.3) is 5.91 Å². The molecule has 0 bridgehead atoms. The van der Waals surface area contributed by atoms with E-state index >= 15 is 0 Å². The highest BCUT2D eigenvalue weighted by molar-refractivity contribution is 6.01. The first kappa shape index (κ1) is 13.6. The summed E-state index contributed by atoms with van der Waals surface area (Å²) in [4.78, 5) is 36.5. The van der Waals surface area contributed by atoms with Crippen molar-refractivity contribution >= 4 is 23.5 Å². The molecule has 0 radical (unpaired) electrons. The molecule has 0 saturated carbocycles. The minimum atomic E-state index is -0.851. The number of likely N-dealkylation sites (tertiary alicyclic amines) is 1. The van der Waals surface area contributed by atoms with E-state index in [2.05, 4.69) is 5.32 Å². The molecule has 0 aliphatic carbocycles. The number of nitrogens with one attached hydrogen (secondary N) is 1. The largest absolute Gasteiger partial charge is 0.481 e. The van der Waals surface area contributed by atoms with E-state index in [9.17, 15) is 14.4 Å². The second-order valence-corrected chi connectivity index (χ2v) is 5.53. The molecule has 110 valence electrons. The van der Waals surface area contributed by atoms with Crippen molar-refractivity contribution in [1.29, 1.82) is 0 Å². The van der Waals surface area contributed by atoms with Crippen molar-refractivity contribution in [2.45, 2.75) is 19.3 Å². The molecule has 21 heavy (non-hydrogen) atoms. The van der Waals surface area contributed by atoms with E-state index in [-0.39, 0.29) is 24.8 Å². The van der Waals surface area contributed by atoms with Gasteiger partial charge in [0.05, 0.1) is 12.3 Å². The lowest BCUT2D eigenvalue weighted by molar-refractivity contribution is -0.143. The van der Waals surface area contributed by atoms with Crippen LogP contribution in [0, 0.1) is 5.92 Å². The van der Waals surface area contributed by atoms with E-state index in [1.54, 1.807) is 23.1 Å². The topological polar surface area (TPSA) is 86.7 Å². The van der Waals surface area contributed by atoms with Crippen LogP contribution in [0.5, 0.6) is 0 Å². The zero-order valence-electron chi connectivity index (χ0n) is 11.5. The van der Waals surface area contributed by atoms with Crippen molar-refractivity contribution in [1.82, 2.24) is 4.90 Å². The molecule has 2 aliphatic rings. The van der Waals surface area contributed by atoms with Crippen LogP contribution in [0.4, 0.5) is 5.69 Å². The maximum Gasteiger partial charge on any atom is 0.308 e. The fourth-order valence-corrected chi connectivity index (χ4v) is 2.91. The van der Waals surface area contributed by atoms with Crippen molar-refractivity contribution in [2.75, 3.05) is 18.4 Å². The molecule has 1 atom stereocenters. The third-order valence-corrected chi connectivity index (χ3v) is 4.04. The van der Waals surface area contributed by atoms with Crippen LogP contribution >= 0.6 is 0 Å². The van der Waals surface area contributed by atoms with Gasteiger partial charge in [-0.25, -0.2) is 0 Å². The number of piperidine rings is 1. The van der Waals surface area contributed by atoms with E-state index < -0.39 is 11.9 Å². The van der Waals surface area contributed by atoms with Crippen LogP contribution in [0.1, 0.15) is 28.8 Å². The molecule has 0 aromatic heterocycles. The molecule has 1 fully saturated rings. The van der Waals surface area contributed by atoms with Gasteiger partial charge in [0.2, 0.25) is 5.91 Å². The molecule has 0 spiro atoms. The van der Waals surface area contributed by atoms with E-state index in [0.29, 0.717) is 24.9 Å². The predicted octanol–water partition coefficient (Wildman–Crippen LogP) is 1.12. The van der Waals surface area contributed by atoms with Crippen molar-refractivity contribution in [3.05, 3.63) is 29.3 Å². The Bertz CT molecular complexity index is 626. The molecule has 2 aliphatic heterocycles. The van der Waals surface area contributed by atoms with E-state index in [1.807, 2.05) is 0 Å². The summed E-state index contributed by atoms with van der Waals surface area (Å²) < 4.78 is 0. The number of nitrogens with zero attached hydrogens (tertiary/aromatic N) is 1. The third kappa shape index (κ3) is 2.61. The minimum absolute atomic E-state index is 0.0708. The number of carboxylic acid groups (broad SMARTS) is 1. The number of fused-ring (bicyclic) bond motifs is 1. The van der Waals surface area contributed by atoms with Crippen LogP contribution in [0.25, 0.3) is 0 Å². The quantitative estimate of drug-likeness (QED) is 0.853. The molecule has 1 saturated heterocycles. The minimum Gasteiger partial charge on any atom is -0.481 e. The molecule has 2 heterocycles. The summed E-state index contributed by atoms with van der Waals surface area (Å²) in [6.45, 7) is 0.833. The number of benzene rings is 1. The summed E-state index contributed by atoms with van der Waals surface area (Å²) in [6.07, 6.45) is 1.60. The van der Waals surface area contributed by atoms with Gasteiger partial charge in [-0.1, -0.05) is 0 Å². The summed E-state index contributed by atoms with van der Waals surface area (Å²) in [5.74, 6) is -1.57. The lowest BCUT2D eigenvalue weighted by Crippen LogP contribution is -2.42. The first-order chi connectivity index (χ1) is 10.0. The number of hydrogen-bond donors (Lipinski definition) is 2. The molecule has 1 aromatic carbocycles. The smallest absolute Gasteiger partial charge is 0.308 e. The normalized spacial score (nSPS) is 20.9. The Morgan fingerprint density at radius 3 is 2.90 bits per heavy atom. The van der Waals surface area contributed by atoms with Gasteiger partial charge in [-0.15, -0.1) is 0 Å². The molecule has 2 amide bonds. The van der Waals surface area contributed by atoms with Crippen molar-refractivity contribution in [3.8, 4) is 0 Å². The van der Waals surface area contributed by atoms with Gasteiger partial charge in [0, 0.05) is 24.3 Å². The van der Waals surface area contributed by atoms with Crippen molar-refractivity contribution in [2.24, 2.45) is 5.92 Å². The monoisotopic (exact) mass is 288 g/mol. The van der Waals surface area contributed by atoms with Gasteiger partial charge in [0.1, 0.15) is 0 Å². The lowest BCUT2D eigenvalue weighted by Gasteiger charge is -2.30. The van der Waals surface area contributed by atoms with Gasteiger partial charge < -0.3 is 15.3 Å². The van der Waals surface area contributed by atoms with Gasteiger partial charge in [-0.3, -0.25) is 14.4 Å². The van der Waals surface area contributed by atoms with Gasteiger partial charge in [-0.2, -0.15) is 0 Å². The fraction of sp³-hybridized carbons (Fsp3) is 0.400. The molecule has 6 nitrogen and oxygen atoms in total. The molecular formula is C15H16N2O4. The predicted molar refractivity (Wildman–Crippen MR) is 75.0 cm³/mol. The van der Waals surface area contributed by atoms with Gasteiger partial charge in [-0.05, 0) is 36.6 Å². The molecule has 3 rings (SSSR count). The first-order valence-electron chi connectivity index (χ1n) is 6.99. The van der Waals surface area contributed by atoms with Crippen molar-refractivity contribution in [3.63, 3.8) is 0 Å². The molecule has 1 aromatic rings. The van der Waals surface area contributed by atoms with Crippen LogP contribution in [0.15, 0.2) is 18.2 Å². The summed E-state index contributed by atoms with van der Waals surface area (Å²) in [7, 11) is 0.